The normalized spacial score (nSPS) is 12.4. The highest BCUT2D eigenvalue weighted by molar-refractivity contribution is 5.27. The van der Waals surface area contributed by atoms with Crippen LogP contribution < -0.4 is 10.2 Å². The maximum absolute atomic E-state index is 5.27. The molecule has 0 aromatic heterocycles. The Labute approximate surface area is 109 Å². The molecule has 0 radical (unpaired) electrons. The van der Waals surface area contributed by atoms with Gasteiger partial charge in [-0.2, -0.15) is 5.48 Å². The summed E-state index contributed by atoms with van der Waals surface area (Å²) in [7, 11) is 3.34. The van der Waals surface area contributed by atoms with Gasteiger partial charge in [-0.05, 0) is 37.5 Å². The molecule has 1 N–H and O–H groups in total. The molecule has 1 atom stereocenters. The molecule has 4 nitrogen and oxygen atoms in total. The lowest BCUT2D eigenvalue weighted by Crippen LogP contribution is -2.28. The van der Waals surface area contributed by atoms with Crippen LogP contribution in [0.2, 0.25) is 0 Å². The van der Waals surface area contributed by atoms with E-state index >= 15 is 0 Å². The van der Waals surface area contributed by atoms with E-state index in [4.69, 9.17) is 14.3 Å². The minimum absolute atomic E-state index is 0.323. The maximum Gasteiger partial charge on any atom is 0.118 e. The fraction of sp³-hybridized carbons (Fsp3) is 0.571. The zero-order valence-corrected chi connectivity index (χ0v) is 11.4. The topological polar surface area (TPSA) is 39.7 Å². The van der Waals surface area contributed by atoms with E-state index in [9.17, 15) is 0 Å². The van der Waals surface area contributed by atoms with Crippen LogP contribution in [0, 0.1) is 0 Å². The molecule has 1 aromatic rings. The van der Waals surface area contributed by atoms with Crippen molar-refractivity contribution in [2.75, 3.05) is 27.4 Å². The number of aryl methyl sites for hydroxylation is 1. The van der Waals surface area contributed by atoms with Gasteiger partial charge in [-0.1, -0.05) is 12.1 Å². The standard InChI is InChI=1S/C14H23NO3/c1-12(15-18-11-10-16-2)4-5-13-6-8-14(17-3)9-7-13/h6-9,12,15H,4-5,10-11H2,1-3H3. The number of hydroxylamine groups is 1. The van der Waals surface area contributed by atoms with Crippen LogP contribution in [0.4, 0.5) is 0 Å². The highest BCUT2D eigenvalue weighted by Crippen LogP contribution is 2.13. The van der Waals surface area contributed by atoms with Crippen LogP contribution in [0.5, 0.6) is 5.75 Å². The SMILES string of the molecule is COCCONC(C)CCc1ccc(OC)cc1. The molecule has 1 unspecified atom stereocenters. The van der Waals surface area contributed by atoms with Crippen molar-refractivity contribution >= 4 is 0 Å². The van der Waals surface area contributed by atoms with Gasteiger partial charge in [0.25, 0.3) is 0 Å². The Hall–Kier alpha value is -1.10. The number of methoxy groups -OCH3 is 2. The van der Waals surface area contributed by atoms with E-state index in [0.29, 0.717) is 19.3 Å². The first-order valence-corrected chi connectivity index (χ1v) is 6.25. The minimum atomic E-state index is 0.323. The molecule has 4 heteroatoms. The Morgan fingerprint density at radius 2 is 1.83 bits per heavy atom. The van der Waals surface area contributed by atoms with E-state index in [1.807, 2.05) is 12.1 Å². The zero-order valence-electron chi connectivity index (χ0n) is 11.4. The van der Waals surface area contributed by atoms with E-state index in [1.165, 1.54) is 5.56 Å². The van der Waals surface area contributed by atoms with Crippen LogP contribution in [-0.2, 0) is 16.0 Å². The van der Waals surface area contributed by atoms with Gasteiger partial charge in [0.15, 0.2) is 0 Å². The van der Waals surface area contributed by atoms with Gasteiger partial charge in [0.2, 0.25) is 0 Å². The minimum Gasteiger partial charge on any atom is -0.497 e. The summed E-state index contributed by atoms with van der Waals surface area (Å²) in [5.41, 5.74) is 4.31. The summed E-state index contributed by atoms with van der Waals surface area (Å²) in [5, 5.41) is 0. The second kappa shape index (κ2) is 8.91. The predicted molar refractivity (Wildman–Crippen MR) is 71.7 cm³/mol. The van der Waals surface area contributed by atoms with E-state index in [-0.39, 0.29) is 0 Å². The first-order chi connectivity index (χ1) is 8.76. The first-order valence-electron chi connectivity index (χ1n) is 6.25. The molecule has 0 fully saturated rings. The lowest BCUT2D eigenvalue weighted by atomic mass is 10.1. The summed E-state index contributed by atoms with van der Waals surface area (Å²) in [6.45, 7) is 3.29. The van der Waals surface area contributed by atoms with E-state index < -0.39 is 0 Å². The summed E-state index contributed by atoms with van der Waals surface area (Å²) in [6.07, 6.45) is 2.05. The Kier molecular flexibility index (Phi) is 7.41. The fourth-order valence-corrected chi connectivity index (χ4v) is 1.56. The molecule has 1 rings (SSSR count). The number of nitrogens with one attached hydrogen (secondary N) is 1. The van der Waals surface area contributed by atoms with E-state index in [2.05, 4.69) is 24.5 Å². The predicted octanol–water partition coefficient (Wildman–Crippen LogP) is 2.18. The molecular formula is C14H23NO3. The highest BCUT2D eigenvalue weighted by Gasteiger charge is 2.02. The van der Waals surface area contributed by atoms with Crippen LogP contribution in [0.25, 0.3) is 0 Å². The quantitative estimate of drug-likeness (QED) is 0.541. The molecule has 0 heterocycles. The molecule has 0 aliphatic heterocycles. The van der Waals surface area contributed by atoms with Crippen LogP contribution >= 0.6 is 0 Å². The number of hydrogen-bond donors (Lipinski definition) is 1. The maximum atomic E-state index is 5.27. The van der Waals surface area contributed by atoms with E-state index in [0.717, 1.165) is 18.6 Å². The zero-order chi connectivity index (χ0) is 13.2. The van der Waals surface area contributed by atoms with Gasteiger partial charge in [0.1, 0.15) is 5.75 Å². The lowest BCUT2D eigenvalue weighted by Gasteiger charge is -2.13. The van der Waals surface area contributed by atoms with Crippen molar-refractivity contribution in [3.8, 4) is 5.75 Å². The molecule has 18 heavy (non-hydrogen) atoms. The van der Waals surface area contributed by atoms with Crippen molar-refractivity contribution in [1.82, 2.24) is 5.48 Å². The van der Waals surface area contributed by atoms with Gasteiger partial charge in [0, 0.05) is 13.2 Å². The van der Waals surface area contributed by atoms with Gasteiger partial charge in [-0.15, -0.1) is 0 Å². The van der Waals surface area contributed by atoms with Crippen LogP contribution in [-0.4, -0.2) is 33.5 Å². The Bertz CT molecular complexity index is 313. The molecule has 102 valence electrons. The largest absolute Gasteiger partial charge is 0.497 e. The monoisotopic (exact) mass is 253 g/mol. The summed E-state index contributed by atoms with van der Waals surface area (Å²) in [6, 6.07) is 8.49. The molecule has 0 bridgehead atoms. The molecule has 0 saturated carbocycles. The van der Waals surface area contributed by atoms with Crippen LogP contribution in [0.3, 0.4) is 0 Å². The fourth-order valence-electron chi connectivity index (χ4n) is 1.56. The van der Waals surface area contributed by atoms with Crippen molar-refractivity contribution in [1.29, 1.82) is 0 Å². The number of benzene rings is 1. The molecule has 1 aromatic carbocycles. The summed E-state index contributed by atoms with van der Waals surface area (Å²) in [5.74, 6) is 0.896. The molecule has 0 aliphatic rings. The number of ether oxygens (including phenoxy) is 2. The summed E-state index contributed by atoms with van der Waals surface area (Å²) < 4.78 is 10.0. The van der Waals surface area contributed by atoms with Crippen LogP contribution in [0.1, 0.15) is 18.9 Å². The first kappa shape index (κ1) is 15.0. The van der Waals surface area contributed by atoms with Gasteiger partial charge in [-0.25, -0.2) is 0 Å². The third-order valence-corrected chi connectivity index (χ3v) is 2.70. The van der Waals surface area contributed by atoms with Gasteiger partial charge in [0.05, 0.1) is 20.3 Å². The number of rotatable bonds is 9. The van der Waals surface area contributed by atoms with E-state index in [1.54, 1.807) is 14.2 Å². The van der Waals surface area contributed by atoms with Crippen molar-refractivity contribution in [2.45, 2.75) is 25.8 Å². The Balaban J connectivity index is 2.18. The lowest BCUT2D eigenvalue weighted by molar-refractivity contribution is -0.00997. The molecule has 0 aliphatic carbocycles. The van der Waals surface area contributed by atoms with Crippen LogP contribution in [0.15, 0.2) is 24.3 Å². The van der Waals surface area contributed by atoms with Gasteiger partial charge in [-0.3, -0.25) is 4.84 Å². The molecular weight excluding hydrogens is 230 g/mol. The molecule has 0 amide bonds. The average molecular weight is 253 g/mol. The van der Waals surface area contributed by atoms with Crippen molar-refractivity contribution in [3.63, 3.8) is 0 Å². The second-order valence-corrected chi connectivity index (χ2v) is 4.25. The Morgan fingerprint density at radius 3 is 2.44 bits per heavy atom. The smallest absolute Gasteiger partial charge is 0.118 e. The molecule has 0 saturated heterocycles. The van der Waals surface area contributed by atoms with Gasteiger partial charge < -0.3 is 9.47 Å². The average Bonchev–Trinajstić information content (AvgIpc) is 2.42. The number of hydrogen-bond acceptors (Lipinski definition) is 4. The van der Waals surface area contributed by atoms with Crippen molar-refractivity contribution in [3.05, 3.63) is 29.8 Å². The summed E-state index contributed by atoms with van der Waals surface area (Å²) >= 11 is 0. The Morgan fingerprint density at radius 1 is 1.11 bits per heavy atom. The van der Waals surface area contributed by atoms with Crippen molar-refractivity contribution in [2.24, 2.45) is 0 Å². The van der Waals surface area contributed by atoms with Crippen molar-refractivity contribution < 1.29 is 14.3 Å². The third-order valence-electron chi connectivity index (χ3n) is 2.70. The van der Waals surface area contributed by atoms with Gasteiger partial charge >= 0.3 is 0 Å². The second-order valence-electron chi connectivity index (χ2n) is 4.25. The highest BCUT2D eigenvalue weighted by atomic mass is 16.7. The molecule has 0 spiro atoms. The third kappa shape index (κ3) is 6.00. The summed E-state index contributed by atoms with van der Waals surface area (Å²) in [4.78, 5) is 5.27.